The Balaban J connectivity index is 4.85. The molecule has 0 rings (SSSR count). The highest BCUT2D eigenvalue weighted by molar-refractivity contribution is 5.67. The van der Waals surface area contributed by atoms with Gasteiger partial charge in [-0.05, 0) is 13.3 Å². The lowest BCUT2D eigenvalue weighted by molar-refractivity contribution is -0.308. The zero-order valence-electron chi connectivity index (χ0n) is 9.73. The van der Waals surface area contributed by atoms with E-state index in [4.69, 9.17) is 0 Å². The summed E-state index contributed by atoms with van der Waals surface area (Å²) in [5.74, 6) is 0. The molecule has 0 aliphatic rings. The molecule has 0 saturated heterocycles. The van der Waals surface area contributed by atoms with Crippen LogP contribution < -0.4 is 0 Å². The van der Waals surface area contributed by atoms with E-state index in [1.54, 1.807) is 6.92 Å². The zero-order chi connectivity index (χ0) is 14.6. The van der Waals surface area contributed by atoms with Crippen molar-refractivity contribution in [2.75, 3.05) is 13.1 Å². The molecule has 0 atom stereocenters. The molecular weight excluding hydrogens is 268 g/mol. The van der Waals surface area contributed by atoms with Crippen LogP contribution in [0.4, 0.5) is 31.1 Å². The first-order valence-electron chi connectivity index (χ1n) is 5.13. The number of carbonyl (C=O) groups is 1. The second-order valence-corrected chi connectivity index (χ2v) is 3.43. The summed E-state index contributed by atoms with van der Waals surface area (Å²) in [7, 11) is 0. The van der Waals surface area contributed by atoms with E-state index < -0.39 is 24.5 Å². The maximum atomic E-state index is 12.1. The molecule has 0 unspecified atom stereocenters. The van der Waals surface area contributed by atoms with Gasteiger partial charge in [0.1, 0.15) is 0 Å². The predicted octanol–water partition coefficient (Wildman–Crippen LogP) is 3.35. The number of rotatable bonds is 4. The third-order valence-electron chi connectivity index (χ3n) is 1.95. The van der Waals surface area contributed by atoms with Crippen molar-refractivity contribution in [2.45, 2.75) is 38.7 Å². The molecule has 1 amide bonds. The third-order valence-corrected chi connectivity index (χ3v) is 1.95. The van der Waals surface area contributed by atoms with Crippen LogP contribution in [-0.4, -0.2) is 42.5 Å². The topological polar surface area (TPSA) is 29.5 Å². The maximum absolute atomic E-state index is 12.1. The van der Waals surface area contributed by atoms with Gasteiger partial charge < -0.3 is 9.64 Å². The van der Waals surface area contributed by atoms with Crippen molar-refractivity contribution < 1.29 is 35.9 Å². The van der Waals surface area contributed by atoms with Crippen LogP contribution in [0.15, 0.2) is 0 Å². The number of halogens is 6. The Hall–Kier alpha value is -1.15. The van der Waals surface area contributed by atoms with Crippen LogP contribution in [0, 0.1) is 0 Å². The molecule has 18 heavy (non-hydrogen) atoms. The fourth-order valence-corrected chi connectivity index (χ4v) is 1.14. The fourth-order valence-electron chi connectivity index (χ4n) is 1.14. The van der Waals surface area contributed by atoms with Crippen molar-refractivity contribution in [3.05, 3.63) is 0 Å². The molecule has 0 aliphatic heterocycles. The summed E-state index contributed by atoms with van der Waals surface area (Å²) < 4.78 is 76.2. The Morgan fingerprint density at radius 2 is 1.56 bits per heavy atom. The summed E-state index contributed by atoms with van der Waals surface area (Å²) in [6.45, 7) is 3.04. The van der Waals surface area contributed by atoms with Crippen molar-refractivity contribution in [3.63, 3.8) is 0 Å². The molecule has 0 aromatic rings. The molecule has 0 radical (unpaired) electrons. The van der Waals surface area contributed by atoms with Crippen LogP contribution in [0.3, 0.4) is 0 Å². The van der Waals surface area contributed by atoms with Gasteiger partial charge in [-0.3, -0.25) is 0 Å². The largest absolute Gasteiger partial charge is 0.434 e. The van der Waals surface area contributed by atoms with Crippen LogP contribution in [0.25, 0.3) is 0 Å². The Labute approximate surface area is 99.7 Å². The van der Waals surface area contributed by atoms with Crippen LogP contribution in [0.1, 0.15) is 20.3 Å². The lowest BCUT2D eigenvalue weighted by Crippen LogP contribution is -2.48. The van der Waals surface area contributed by atoms with Crippen LogP contribution in [0.5, 0.6) is 0 Å². The molecule has 0 spiro atoms. The summed E-state index contributed by atoms with van der Waals surface area (Å²) in [6.07, 6.45) is -16.7. The van der Waals surface area contributed by atoms with Crippen molar-refractivity contribution in [1.29, 1.82) is 0 Å². The molecule has 108 valence electrons. The lowest BCUT2D eigenvalue weighted by atomic mass is 10.3. The molecule has 0 aromatic heterocycles. The first kappa shape index (κ1) is 16.9. The van der Waals surface area contributed by atoms with E-state index in [9.17, 15) is 31.1 Å². The first-order valence-corrected chi connectivity index (χ1v) is 5.13. The third kappa shape index (κ3) is 5.01. The van der Waals surface area contributed by atoms with E-state index in [1.165, 1.54) is 6.92 Å². The SMILES string of the molecule is CCCN(CC)C(=O)OC(C(F)(F)F)C(F)(F)F. The van der Waals surface area contributed by atoms with E-state index in [0.29, 0.717) is 6.42 Å². The normalized spacial score (nSPS) is 12.7. The minimum atomic E-state index is -5.68. The van der Waals surface area contributed by atoms with Gasteiger partial charge in [0.25, 0.3) is 6.10 Å². The number of hydrogen-bond donors (Lipinski definition) is 0. The van der Waals surface area contributed by atoms with Crippen LogP contribution >= 0.6 is 0 Å². The van der Waals surface area contributed by atoms with Gasteiger partial charge in [0.2, 0.25) is 0 Å². The van der Waals surface area contributed by atoms with E-state index in [-0.39, 0.29) is 13.1 Å². The molecule has 0 N–H and O–H groups in total. The molecule has 0 aliphatic carbocycles. The lowest BCUT2D eigenvalue weighted by Gasteiger charge is -2.26. The molecule has 9 heteroatoms. The minimum Gasteiger partial charge on any atom is -0.426 e. The van der Waals surface area contributed by atoms with E-state index >= 15 is 0 Å². The number of nitrogens with zero attached hydrogens (tertiary/aromatic N) is 1. The van der Waals surface area contributed by atoms with E-state index in [0.717, 1.165) is 4.90 Å². The van der Waals surface area contributed by atoms with Crippen LogP contribution in [0.2, 0.25) is 0 Å². The summed E-state index contributed by atoms with van der Waals surface area (Å²) in [5, 5.41) is 0. The van der Waals surface area contributed by atoms with Gasteiger partial charge in [-0.15, -0.1) is 0 Å². The number of carbonyl (C=O) groups excluding carboxylic acids is 1. The first-order chi connectivity index (χ1) is 8.04. The van der Waals surface area contributed by atoms with Crippen molar-refractivity contribution in [2.24, 2.45) is 0 Å². The Morgan fingerprint density at radius 3 is 1.83 bits per heavy atom. The van der Waals surface area contributed by atoms with Crippen LogP contribution in [-0.2, 0) is 4.74 Å². The minimum absolute atomic E-state index is 0.0256. The average molecular weight is 281 g/mol. The molecule has 0 heterocycles. The highest BCUT2D eigenvalue weighted by Gasteiger charge is 2.60. The molecular formula is C9H13F6NO2. The molecule has 0 fully saturated rings. The van der Waals surface area contributed by atoms with Crippen molar-refractivity contribution in [3.8, 4) is 0 Å². The molecule has 0 aromatic carbocycles. The van der Waals surface area contributed by atoms with Crippen molar-refractivity contribution in [1.82, 2.24) is 4.90 Å². The monoisotopic (exact) mass is 281 g/mol. The molecule has 0 saturated carbocycles. The second kappa shape index (κ2) is 6.14. The van der Waals surface area contributed by atoms with Gasteiger partial charge in [-0.25, -0.2) is 4.79 Å². The number of alkyl halides is 6. The van der Waals surface area contributed by atoms with Gasteiger partial charge in [0.15, 0.2) is 0 Å². The van der Waals surface area contributed by atoms with E-state index in [1.807, 2.05) is 0 Å². The summed E-state index contributed by atoms with van der Waals surface area (Å²) >= 11 is 0. The number of amides is 1. The summed E-state index contributed by atoms with van der Waals surface area (Å²) in [5.41, 5.74) is 0. The van der Waals surface area contributed by atoms with Gasteiger partial charge in [0, 0.05) is 13.1 Å². The quantitative estimate of drug-likeness (QED) is 0.740. The van der Waals surface area contributed by atoms with E-state index in [2.05, 4.69) is 4.74 Å². The average Bonchev–Trinajstić information content (AvgIpc) is 2.18. The van der Waals surface area contributed by atoms with Gasteiger partial charge in [-0.2, -0.15) is 26.3 Å². The number of ether oxygens (including phenoxy) is 1. The highest BCUT2D eigenvalue weighted by atomic mass is 19.4. The Kier molecular flexibility index (Phi) is 5.75. The van der Waals surface area contributed by atoms with Crippen molar-refractivity contribution >= 4 is 6.09 Å². The predicted molar refractivity (Wildman–Crippen MR) is 49.9 cm³/mol. The Morgan fingerprint density at radius 1 is 1.11 bits per heavy atom. The fraction of sp³-hybridized carbons (Fsp3) is 0.889. The maximum Gasteiger partial charge on any atom is 0.434 e. The molecule has 0 bridgehead atoms. The second-order valence-electron chi connectivity index (χ2n) is 3.43. The standard InChI is InChI=1S/C9H13F6NO2/c1-3-5-16(4-2)7(17)18-6(8(10,11)12)9(13,14)15/h6H,3-5H2,1-2H3. The summed E-state index contributed by atoms with van der Waals surface area (Å²) in [6, 6.07) is 0. The highest BCUT2D eigenvalue weighted by Crippen LogP contribution is 2.35. The smallest absolute Gasteiger partial charge is 0.426 e. The zero-order valence-corrected chi connectivity index (χ0v) is 9.73. The van der Waals surface area contributed by atoms with Gasteiger partial charge in [-0.1, -0.05) is 6.92 Å². The molecule has 3 nitrogen and oxygen atoms in total. The summed E-state index contributed by atoms with van der Waals surface area (Å²) in [4.78, 5) is 11.9. The Bertz CT molecular complexity index is 261. The van der Waals surface area contributed by atoms with Gasteiger partial charge >= 0.3 is 18.4 Å². The van der Waals surface area contributed by atoms with Gasteiger partial charge in [0.05, 0.1) is 0 Å². The number of hydrogen-bond acceptors (Lipinski definition) is 2.